The summed E-state index contributed by atoms with van der Waals surface area (Å²) in [5, 5.41) is 11.8. The van der Waals surface area contributed by atoms with Crippen LogP contribution in [0.25, 0.3) is 16.0 Å². The van der Waals surface area contributed by atoms with E-state index in [1.165, 1.54) is 30.2 Å². The van der Waals surface area contributed by atoms with Crippen molar-refractivity contribution < 1.29 is 33.3 Å². The molecule has 204 valence electrons. The van der Waals surface area contributed by atoms with Crippen LogP contribution in [0.4, 0.5) is 9.52 Å². The van der Waals surface area contributed by atoms with E-state index in [4.69, 9.17) is 14.2 Å². The normalized spacial score (nSPS) is 19.6. The van der Waals surface area contributed by atoms with Crippen LogP contribution < -0.4 is 19.1 Å². The maximum absolute atomic E-state index is 13.9. The van der Waals surface area contributed by atoms with Crippen LogP contribution in [-0.4, -0.2) is 41.6 Å². The Balaban J connectivity index is 1.55. The number of benzene rings is 3. The van der Waals surface area contributed by atoms with Crippen LogP contribution in [0.2, 0.25) is 0 Å². The van der Waals surface area contributed by atoms with Crippen LogP contribution >= 0.6 is 11.3 Å². The highest BCUT2D eigenvalue weighted by atomic mass is 32.1. The van der Waals surface area contributed by atoms with E-state index in [9.17, 15) is 19.1 Å². The number of aliphatic hydroxyl groups is 1. The molecule has 4 aromatic rings. The van der Waals surface area contributed by atoms with Crippen molar-refractivity contribution in [3.8, 4) is 17.2 Å². The highest BCUT2D eigenvalue weighted by Gasteiger charge is 2.48. The predicted octanol–water partition coefficient (Wildman–Crippen LogP) is 5.79. The number of methoxy groups -OCH3 is 1. The number of rotatable bonds is 6. The second-order valence-electron chi connectivity index (χ2n) is 9.58. The van der Waals surface area contributed by atoms with Gasteiger partial charge in [-0.1, -0.05) is 17.4 Å². The highest BCUT2D eigenvalue weighted by Crippen LogP contribution is 2.46. The number of anilines is 1. The van der Waals surface area contributed by atoms with Gasteiger partial charge in [0.2, 0.25) is 0 Å². The zero-order valence-corrected chi connectivity index (χ0v) is 22.8. The van der Waals surface area contributed by atoms with Crippen LogP contribution in [0.3, 0.4) is 0 Å². The molecule has 6 rings (SSSR count). The number of carbonyl (C=O) groups is 2. The summed E-state index contributed by atoms with van der Waals surface area (Å²) in [6, 6.07) is 13.4. The van der Waals surface area contributed by atoms with Crippen molar-refractivity contribution in [2.45, 2.75) is 32.4 Å². The number of Topliss-reactive ketones (excluding diaryl/α,β-unsaturated/α-hetero) is 1. The molecule has 8 nitrogen and oxygen atoms in total. The summed E-state index contributed by atoms with van der Waals surface area (Å²) in [5.41, 5.74) is 2.19. The number of hydrogen-bond acceptors (Lipinski definition) is 8. The predicted molar refractivity (Wildman–Crippen MR) is 149 cm³/mol. The Labute approximate surface area is 233 Å². The van der Waals surface area contributed by atoms with Gasteiger partial charge in [-0.2, -0.15) is 0 Å². The lowest BCUT2D eigenvalue weighted by Gasteiger charge is -2.24. The quantitative estimate of drug-likeness (QED) is 0.181. The van der Waals surface area contributed by atoms with Crippen molar-refractivity contribution in [3.63, 3.8) is 0 Å². The van der Waals surface area contributed by atoms with Gasteiger partial charge in [0.1, 0.15) is 23.4 Å². The molecular formula is C30H25FN2O6S. The zero-order valence-electron chi connectivity index (χ0n) is 21.9. The number of hydrogen-bond donors (Lipinski definition) is 1. The molecule has 0 spiro atoms. The molecule has 2 aliphatic rings. The molecule has 1 amide bonds. The van der Waals surface area contributed by atoms with Crippen molar-refractivity contribution in [1.29, 1.82) is 0 Å². The molecule has 0 bridgehead atoms. The molecule has 2 atom stereocenters. The molecule has 3 heterocycles. The first-order valence-corrected chi connectivity index (χ1v) is 13.6. The molecule has 40 heavy (non-hydrogen) atoms. The van der Waals surface area contributed by atoms with E-state index >= 15 is 0 Å². The van der Waals surface area contributed by atoms with Crippen molar-refractivity contribution in [1.82, 2.24) is 4.98 Å². The van der Waals surface area contributed by atoms with Gasteiger partial charge in [-0.05, 0) is 73.5 Å². The van der Waals surface area contributed by atoms with Crippen molar-refractivity contribution in [2.75, 3.05) is 18.6 Å². The number of thiazole rings is 1. The SMILES string of the molecule is CCOc1ccc(C2/C(=C(\O)c3ccc4c(c3)CC(C)O4)C(=O)C(=O)N2c2nc3ccc(F)cc3s2)cc1OC. The smallest absolute Gasteiger partial charge is 0.301 e. The lowest BCUT2D eigenvalue weighted by atomic mass is 9.94. The lowest BCUT2D eigenvalue weighted by Crippen LogP contribution is -2.29. The molecule has 0 radical (unpaired) electrons. The van der Waals surface area contributed by atoms with Crippen molar-refractivity contribution in [2.24, 2.45) is 0 Å². The van der Waals surface area contributed by atoms with E-state index in [1.807, 2.05) is 13.8 Å². The second-order valence-corrected chi connectivity index (χ2v) is 10.6. The minimum absolute atomic E-state index is 0.00170. The van der Waals surface area contributed by atoms with Crippen molar-refractivity contribution >= 4 is 44.1 Å². The summed E-state index contributed by atoms with van der Waals surface area (Å²) in [7, 11) is 1.49. The van der Waals surface area contributed by atoms with Gasteiger partial charge < -0.3 is 19.3 Å². The van der Waals surface area contributed by atoms with Crippen LogP contribution in [0.5, 0.6) is 17.2 Å². The molecule has 3 aromatic carbocycles. The van der Waals surface area contributed by atoms with Crippen LogP contribution in [0.15, 0.2) is 60.2 Å². The fourth-order valence-corrected chi connectivity index (χ4v) is 6.21. The molecule has 0 saturated carbocycles. The average molecular weight is 561 g/mol. The maximum atomic E-state index is 13.9. The Morgan fingerprint density at radius 1 is 1.15 bits per heavy atom. The Morgan fingerprint density at radius 2 is 1.98 bits per heavy atom. The summed E-state index contributed by atoms with van der Waals surface area (Å²) in [5.74, 6) is -0.837. The molecular weight excluding hydrogens is 535 g/mol. The first kappa shape index (κ1) is 25.8. The summed E-state index contributed by atoms with van der Waals surface area (Å²) in [4.78, 5) is 33.0. The van der Waals surface area contributed by atoms with Gasteiger partial charge in [-0.3, -0.25) is 14.5 Å². The Morgan fingerprint density at radius 3 is 2.75 bits per heavy atom. The van der Waals surface area contributed by atoms with Gasteiger partial charge in [0.05, 0.1) is 35.5 Å². The number of amides is 1. The van der Waals surface area contributed by atoms with E-state index < -0.39 is 23.5 Å². The number of ketones is 1. The molecule has 1 N–H and O–H groups in total. The number of ether oxygens (including phenoxy) is 3. The second kappa shape index (κ2) is 9.95. The third-order valence-electron chi connectivity index (χ3n) is 6.96. The van der Waals surface area contributed by atoms with E-state index in [2.05, 4.69) is 4.98 Å². The fraction of sp³-hybridized carbons (Fsp3) is 0.233. The molecule has 1 fully saturated rings. The number of fused-ring (bicyclic) bond motifs is 2. The van der Waals surface area contributed by atoms with E-state index in [0.29, 0.717) is 45.9 Å². The third kappa shape index (κ3) is 4.24. The van der Waals surface area contributed by atoms with E-state index in [-0.39, 0.29) is 22.6 Å². The van der Waals surface area contributed by atoms with E-state index in [1.54, 1.807) is 36.4 Å². The van der Waals surface area contributed by atoms with Crippen molar-refractivity contribution in [3.05, 3.63) is 82.7 Å². The van der Waals surface area contributed by atoms with Gasteiger partial charge in [-0.25, -0.2) is 9.37 Å². The first-order chi connectivity index (χ1) is 19.3. The zero-order chi connectivity index (χ0) is 28.1. The van der Waals surface area contributed by atoms with Gasteiger partial charge in [0.15, 0.2) is 16.6 Å². The maximum Gasteiger partial charge on any atom is 0.301 e. The topological polar surface area (TPSA) is 98.2 Å². The van der Waals surface area contributed by atoms with Gasteiger partial charge >= 0.3 is 5.91 Å². The summed E-state index contributed by atoms with van der Waals surface area (Å²) in [6.07, 6.45) is 0.658. The minimum atomic E-state index is -1.03. The summed E-state index contributed by atoms with van der Waals surface area (Å²) < 4.78 is 31.4. The number of aliphatic hydroxyl groups excluding tert-OH is 1. The summed E-state index contributed by atoms with van der Waals surface area (Å²) >= 11 is 1.09. The standard InChI is InChI=1S/C30H25FN2O6S/c1-4-38-22-10-5-16(13-23(22)37-3)26-25(27(34)17-6-9-21-18(12-17)11-15(2)39-21)28(35)29(36)33(26)30-32-20-8-7-19(31)14-24(20)40-30/h5-10,12-15,26,34H,4,11H2,1-3H3/b27-25+. The Hall–Kier alpha value is -4.44. The number of halogens is 1. The molecule has 2 aliphatic heterocycles. The number of nitrogens with zero attached hydrogens (tertiary/aromatic N) is 2. The largest absolute Gasteiger partial charge is 0.507 e. The molecule has 2 unspecified atom stereocenters. The van der Waals surface area contributed by atoms with Crippen LogP contribution in [0.1, 0.15) is 36.6 Å². The third-order valence-corrected chi connectivity index (χ3v) is 7.98. The molecule has 0 aliphatic carbocycles. The fourth-order valence-electron chi connectivity index (χ4n) is 5.19. The van der Waals surface area contributed by atoms with E-state index in [0.717, 1.165) is 22.6 Å². The monoisotopic (exact) mass is 560 g/mol. The molecule has 1 saturated heterocycles. The number of aromatic nitrogens is 1. The lowest BCUT2D eigenvalue weighted by molar-refractivity contribution is -0.132. The Kier molecular flexibility index (Phi) is 6.42. The number of carbonyl (C=O) groups excluding carboxylic acids is 2. The van der Waals surface area contributed by atoms with Gasteiger partial charge in [-0.15, -0.1) is 0 Å². The van der Waals surface area contributed by atoms with Gasteiger partial charge in [0.25, 0.3) is 5.78 Å². The Bertz CT molecular complexity index is 1710. The molecule has 10 heteroatoms. The van der Waals surface area contributed by atoms with Crippen LogP contribution in [0, 0.1) is 5.82 Å². The average Bonchev–Trinajstić information content (AvgIpc) is 3.60. The minimum Gasteiger partial charge on any atom is -0.507 e. The first-order valence-electron chi connectivity index (χ1n) is 12.8. The summed E-state index contributed by atoms with van der Waals surface area (Å²) in [6.45, 7) is 4.21. The van der Waals surface area contributed by atoms with Gasteiger partial charge in [0, 0.05) is 12.0 Å². The highest BCUT2D eigenvalue weighted by molar-refractivity contribution is 7.22. The molecule has 1 aromatic heterocycles. The van der Waals surface area contributed by atoms with Crippen LogP contribution in [-0.2, 0) is 16.0 Å².